The van der Waals surface area contributed by atoms with Gasteiger partial charge in [0.05, 0.1) is 13.2 Å². The number of carbonyl (C=O) groups excluding carboxylic acids is 1. The lowest BCUT2D eigenvalue weighted by molar-refractivity contribution is 0.0688. The Labute approximate surface area is 118 Å². The molecule has 1 aromatic carbocycles. The van der Waals surface area contributed by atoms with Gasteiger partial charge in [0.1, 0.15) is 0 Å². The van der Waals surface area contributed by atoms with Crippen molar-refractivity contribution in [2.45, 2.75) is 6.42 Å². The first-order valence-electron chi connectivity index (χ1n) is 6.74. The molecular weight excluding hydrogens is 256 g/mol. The minimum Gasteiger partial charge on any atom is -0.382 e. The Hall–Kier alpha value is -1.85. The van der Waals surface area contributed by atoms with E-state index in [-0.39, 0.29) is 5.91 Å². The van der Waals surface area contributed by atoms with E-state index >= 15 is 0 Å². The molecule has 0 saturated heterocycles. The summed E-state index contributed by atoms with van der Waals surface area (Å²) in [7, 11) is 1.64. The fourth-order valence-corrected chi connectivity index (χ4v) is 2.00. The molecule has 0 fully saturated rings. The zero-order valence-electron chi connectivity index (χ0n) is 11.6. The number of methoxy groups -OCH3 is 1. The summed E-state index contributed by atoms with van der Waals surface area (Å²) >= 11 is 0. The molecule has 0 radical (unpaired) electrons. The molecular formula is C15H20N2O3. The molecule has 0 unspecified atom stereocenters. The summed E-state index contributed by atoms with van der Waals surface area (Å²) in [5, 5.41) is 3.85. The van der Waals surface area contributed by atoms with Crippen molar-refractivity contribution < 1.29 is 14.3 Å². The summed E-state index contributed by atoms with van der Waals surface area (Å²) in [5.74, 6) is -0.0490. The first-order chi connectivity index (χ1) is 9.83. The molecule has 0 saturated carbocycles. The fourth-order valence-electron chi connectivity index (χ4n) is 2.00. The second kappa shape index (κ2) is 7.67. The lowest BCUT2D eigenvalue weighted by Crippen LogP contribution is -2.25. The van der Waals surface area contributed by atoms with Gasteiger partial charge >= 0.3 is 0 Å². The number of H-pyrrole nitrogens is 1. The number of carbonyl (C=O) groups is 1. The topological polar surface area (TPSA) is 63.4 Å². The quantitative estimate of drug-likeness (QED) is 0.724. The number of nitrogens with one attached hydrogen (secondary N) is 2. The highest BCUT2D eigenvalue weighted by Gasteiger charge is 2.09. The van der Waals surface area contributed by atoms with Gasteiger partial charge in [-0.2, -0.15) is 0 Å². The van der Waals surface area contributed by atoms with Gasteiger partial charge in [-0.25, -0.2) is 0 Å². The maximum Gasteiger partial charge on any atom is 0.251 e. The smallest absolute Gasteiger partial charge is 0.251 e. The Balaban J connectivity index is 1.76. The molecule has 20 heavy (non-hydrogen) atoms. The van der Waals surface area contributed by atoms with Crippen LogP contribution in [0.2, 0.25) is 0 Å². The van der Waals surface area contributed by atoms with Gasteiger partial charge in [-0.3, -0.25) is 4.79 Å². The molecule has 1 aromatic heterocycles. The molecule has 2 N–H and O–H groups in total. The Bertz CT molecular complexity index is 551. The van der Waals surface area contributed by atoms with Gasteiger partial charge in [0.25, 0.3) is 5.91 Å². The van der Waals surface area contributed by atoms with Crippen LogP contribution in [0.5, 0.6) is 0 Å². The first-order valence-corrected chi connectivity index (χ1v) is 6.74. The summed E-state index contributed by atoms with van der Waals surface area (Å²) in [4.78, 5) is 15.2. The zero-order chi connectivity index (χ0) is 14.2. The molecule has 5 heteroatoms. The van der Waals surface area contributed by atoms with Crippen LogP contribution in [0.25, 0.3) is 10.9 Å². The van der Waals surface area contributed by atoms with Crippen molar-refractivity contribution in [3.05, 3.63) is 36.0 Å². The van der Waals surface area contributed by atoms with Gasteiger partial charge < -0.3 is 19.8 Å². The molecule has 0 atom stereocenters. The minimum absolute atomic E-state index is 0.0490. The molecule has 108 valence electrons. The monoisotopic (exact) mass is 276 g/mol. The highest BCUT2D eigenvalue weighted by Crippen LogP contribution is 2.16. The first kappa shape index (κ1) is 14.6. The van der Waals surface area contributed by atoms with Gasteiger partial charge in [0.2, 0.25) is 0 Å². The highest BCUT2D eigenvalue weighted by molar-refractivity contribution is 6.06. The predicted octanol–water partition coefficient (Wildman–Crippen LogP) is 1.95. The number of fused-ring (bicyclic) bond motifs is 1. The van der Waals surface area contributed by atoms with E-state index in [9.17, 15) is 4.79 Å². The second-order valence-electron chi connectivity index (χ2n) is 4.46. The summed E-state index contributed by atoms with van der Waals surface area (Å²) < 4.78 is 10.2. The van der Waals surface area contributed by atoms with Crippen LogP contribution in [0.1, 0.15) is 16.8 Å². The number of aromatic amines is 1. The van der Waals surface area contributed by atoms with Crippen LogP contribution in [0.3, 0.4) is 0 Å². The second-order valence-corrected chi connectivity index (χ2v) is 4.46. The van der Waals surface area contributed by atoms with E-state index in [0.717, 1.165) is 17.3 Å². The molecule has 1 heterocycles. The standard InChI is InChI=1S/C15H20N2O3/c1-19-10-11-20-9-3-7-17-15(18)13-4-2-5-14-12(13)6-8-16-14/h2,4-6,8,16H,3,7,9-11H2,1H3,(H,17,18). The van der Waals surface area contributed by atoms with E-state index in [1.54, 1.807) is 7.11 Å². The van der Waals surface area contributed by atoms with Crippen molar-refractivity contribution in [1.29, 1.82) is 0 Å². The van der Waals surface area contributed by atoms with Crippen molar-refractivity contribution in [2.24, 2.45) is 0 Å². The summed E-state index contributed by atoms with van der Waals surface area (Å²) in [6, 6.07) is 7.58. The van der Waals surface area contributed by atoms with Crippen molar-refractivity contribution >= 4 is 16.8 Å². The van der Waals surface area contributed by atoms with E-state index in [4.69, 9.17) is 9.47 Å². The van der Waals surface area contributed by atoms with Gasteiger partial charge in [0.15, 0.2) is 0 Å². The van der Waals surface area contributed by atoms with Crippen molar-refractivity contribution in [3.8, 4) is 0 Å². The summed E-state index contributed by atoms with van der Waals surface area (Å²) in [6.45, 7) is 2.42. The number of benzene rings is 1. The van der Waals surface area contributed by atoms with Crippen LogP contribution in [0.4, 0.5) is 0 Å². The maximum atomic E-state index is 12.1. The van der Waals surface area contributed by atoms with E-state index in [1.807, 2.05) is 30.5 Å². The average molecular weight is 276 g/mol. The third-order valence-electron chi connectivity index (χ3n) is 3.02. The normalized spacial score (nSPS) is 10.8. The van der Waals surface area contributed by atoms with Gasteiger partial charge in [0, 0.05) is 42.9 Å². The molecule has 1 amide bonds. The van der Waals surface area contributed by atoms with E-state index in [1.165, 1.54) is 0 Å². The van der Waals surface area contributed by atoms with Crippen molar-refractivity contribution in [1.82, 2.24) is 10.3 Å². The highest BCUT2D eigenvalue weighted by atomic mass is 16.5. The van der Waals surface area contributed by atoms with Crippen LogP contribution in [-0.4, -0.2) is 44.4 Å². The van der Waals surface area contributed by atoms with Crippen LogP contribution in [-0.2, 0) is 9.47 Å². The Morgan fingerprint density at radius 1 is 1.25 bits per heavy atom. The lowest BCUT2D eigenvalue weighted by Gasteiger charge is -2.07. The zero-order valence-corrected chi connectivity index (χ0v) is 11.6. The number of hydrogen-bond acceptors (Lipinski definition) is 3. The minimum atomic E-state index is -0.0490. The van der Waals surface area contributed by atoms with E-state index in [0.29, 0.717) is 31.9 Å². The predicted molar refractivity (Wildman–Crippen MR) is 77.9 cm³/mol. The molecule has 0 aliphatic carbocycles. The Morgan fingerprint density at radius 3 is 3.00 bits per heavy atom. The number of ether oxygens (including phenoxy) is 2. The molecule has 0 bridgehead atoms. The molecule has 0 aliphatic rings. The number of amides is 1. The SMILES string of the molecule is COCCOCCCNC(=O)c1cccc2[nH]ccc12. The van der Waals surface area contributed by atoms with Gasteiger partial charge in [-0.15, -0.1) is 0 Å². The Morgan fingerprint density at radius 2 is 2.15 bits per heavy atom. The van der Waals surface area contributed by atoms with Crippen molar-refractivity contribution in [2.75, 3.05) is 33.5 Å². The molecule has 0 spiro atoms. The Kier molecular flexibility index (Phi) is 5.58. The molecule has 2 rings (SSSR count). The maximum absolute atomic E-state index is 12.1. The average Bonchev–Trinajstić information content (AvgIpc) is 2.94. The largest absolute Gasteiger partial charge is 0.382 e. The number of rotatable bonds is 8. The van der Waals surface area contributed by atoms with Gasteiger partial charge in [-0.1, -0.05) is 6.07 Å². The number of aromatic nitrogens is 1. The molecule has 0 aliphatic heterocycles. The van der Waals surface area contributed by atoms with Crippen LogP contribution < -0.4 is 5.32 Å². The van der Waals surface area contributed by atoms with E-state index < -0.39 is 0 Å². The van der Waals surface area contributed by atoms with Gasteiger partial charge in [-0.05, 0) is 24.6 Å². The lowest BCUT2D eigenvalue weighted by atomic mass is 10.1. The number of hydrogen-bond donors (Lipinski definition) is 2. The van der Waals surface area contributed by atoms with Crippen LogP contribution >= 0.6 is 0 Å². The van der Waals surface area contributed by atoms with Crippen LogP contribution in [0.15, 0.2) is 30.5 Å². The van der Waals surface area contributed by atoms with Crippen LogP contribution in [0, 0.1) is 0 Å². The third-order valence-corrected chi connectivity index (χ3v) is 3.02. The van der Waals surface area contributed by atoms with Crippen molar-refractivity contribution in [3.63, 3.8) is 0 Å². The third kappa shape index (κ3) is 3.82. The summed E-state index contributed by atoms with van der Waals surface area (Å²) in [6.07, 6.45) is 2.63. The van der Waals surface area contributed by atoms with E-state index in [2.05, 4.69) is 10.3 Å². The summed E-state index contributed by atoms with van der Waals surface area (Å²) in [5.41, 5.74) is 1.67. The molecule has 2 aromatic rings. The fraction of sp³-hybridized carbons (Fsp3) is 0.400. The molecule has 5 nitrogen and oxygen atoms in total.